The van der Waals surface area contributed by atoms with Gasteiger partial charge in [-0.05, 0) is 41.8 Å². The molecule has 8 nitrogen and oxygen atoms in total. The highest BCUT2D eigenvalue weighted by molar-refractivity contribution is 5.94. The minimum Gasteiger partial charge on any atom is -0.376 e. The summed E-state index contributed by atoms with van der Waals surface area (Å²) in [6, 6.07) is 11.6. The molecule has 2 aromatic heterocycles. The Morgan fingerprint density at radius 3 is 2.81 bits per heavy atom. The van der Waals surface area contributed by atoms with Gasteiger partial charge in [-0.3, -0.25) is 9.59 Å². The Balaban J connectivity index is 1.16. The van der Waals surface area contributed by atoms with Crippen molar-refractivity contribution < 1.29 is 19.1 Å². The van der Waals surface area contributed by atoms with Gasteiger partial charge in [0.15, 0.2) is 6.10 Å². The van der Waals surface area contributed by atoms with Crippen molar-refractivity contribution in [1.29, 1.82) is 0 Å². The van der Waals surface area contributed by atoms with E-state index in [9.17, 15) is 9.59 Å². The molecule has 0 radical (unpaired) electrons. The zero-order valence-electron chi connectivity index (χ0n) is 17.8. The number of amides is 2. The number of carbonyl (C=O) groups is 2. The normalized spacial score (nSPS) is 21.1. The van der Waals surface area contributed by atoms with E-state index in [1.165, 1.54) is 0 Å². The third-order valence-electron chi connectivity index (χ3n) is 6.15. The summed E-state index contributed by atoms with van der Waals surface area (Å²) >= 11 is 0. The van der Waals surface area contributed by atoms with Crippen LogP contribution in [0.4, 0.5) is 0 Å². The first-order chi connectivity index (χ1) is 15.7. The molecule has 2 amide bonds. The Morgan fingerprint density at radius 2 is 2.00 bits per heavy atom. The lowest BCUT2D eigenvalue weighted by molar-refractivity contribution is -0.156. The van der Waals surface area contributed by atoms with Crippen molar-refractivity contribution in [2.45, 2.75) is 25.0 Å². The van der Waals surface area contributed by atoms with Crippen molar-refractivity contribution in [3.8, 4) is 0 Å². The van der Waals surface area contributed by atoms with Crippen molar-refractivity contribution in [1.82, 2.24) is 19.6 Å². The van der Waals surface area contributed by atoms with Crippen LogP contribution in [0.3, 0.4) is 0 Å². The number of nitrogens with zero attached hydrogens (tertiary/aromatic N) is 3. The second kappa shape index (κ2) is 9.10. The lowest BCUT2D eigenvalue weighted by Crippen LogP contribution is -2.44. The molecule has 3 aromatic rings. The summed E-state index contributed by atoms with van der Waals surface area (Å²) < 4.78 is 12.8. The lowest BCUT2D eigenvalue weighted by Gasteiger charge is -2.26. The quantitative estimate of drug-likeness (QED) is 0.664. The average Bonchev–Trinajstić information content (AvgIpc) is 3.52. The summed E-state index contributed by atoms with van der Waals surface area (Å²) in [7, 11) is 0. The fraction of sp³-hybridized carbons (Fsp3) is 0.375. The van der Waals surface area contributed by atoms with Crippen LogP contribution in [0.15, 0.2) is 55.0 Å². The summed E-state index contributed by atoms with van der Waals surface area (Å²) in [5, 5.41) is 2.96. The van der Waals surface area contributed by atoms with Crippen molar-refractivity contribution in [2.24, 2.45) is 0 Å². The highest BCUT2D eigenvalue weighted by atomic mass is 16.6. The van der Waals surface area contributed by atoms with Crippen LogP contribution in [0, 0.1) is 0 Å². The molecule has 2 fully saturated rings. The number of hydrogen-bond donors (Lipinski definition) is 1. The molecule has 0 aliphatic carbocycles. The number of carbonyl (C=O) groups excluding carboxylic acids is 2. The minimum absolute atomic E-state index is 0.0109. The Labute approximate surface area is 186 Å². The van der Waals surface area contributed by atoms with E-state index in [4.69, 9.17) is 9.47 Å². The number of pyridine rings is 1. The molecule has 2 saturated heterocycles. The van der Waals surface area contributed by atoms with Gasteiger partial charge in [0.1, 0.15) is 5.65 Å². The third-order valence-corrected chi connectivity index (χ3v) is 6.15. The Kier molecular flexibility index (Phi) is 5.87. The molecule has 1 N–H and O–H groups in total. The second-order valence-corrected chi connectivity index (χ2v) is 8.24. The van der Waals surface area contributed by atoms with Gasteiger partial charge in [-0.2, -0.15) is 0 Å². The van der Waals surface area contributed by atoms with Crippen LogP contribution in [-0.2, 0) is 20.8 Å². The van der Waals surface area contributed by atoms with E-state index >= 15 is 0 Å². The number of ether oxygens (including phenoxy) is 2. The Morgan fingerprint density at radius 1 is 1.12 bits per heavy atom. The van der Waals surface area contributed by atoms with Gasteiger partial charge in [-0.25, -0.2) is 4.98 Å². The molecular weight excluding hydrogens is 408 g/mol. The van der Waals surface area contributed by atoms with E-state index in [0.29, 0.717) is 45.0 Å². The molecule has 2 atom stereocenters. The maximum Gasteiger partial charge on any atom is 0.254 e. The molecule has 4 heterocycles. The number of aromatic nitrogens is 2. The molecule has 32 heavy (non-hydrogen) atoms. The first-order valence-electron chi connectivity index (χ1n) is 11.0. The number of likely N-dealkylation sites (tertiary alicyclic amines) is 1. The first kappa shape index (κ1) is 20.7. The van der Waals surface area contributed by atoms with Gasteiger partial charge >= 0.3 is 0 Å². The smallest absolute Gasteiger partial charge is 0.254 e. The monoisotopic (exact) mass is 434 g/mol. The molecule has 0 saturated carbocycles. The zero-order valence-corrected chi connectivity index (χ0v) is 17.8. The molecule has 2 unspecified atom stereocenters. The van der Waals surface area contributed by atoms with E-state index in [2.05, 4.69) is 10.3 Å². The lowest BCUT2D eigenvalue weighted by atomic mass is 9.97. The van der Waals surface area contributed by atoms with Crippen LogP contribution in [0.2, 0.25) is 0 Å². The molecule has 0 bridgehead atoms. The van der Waals surface area contributed by atoms with Gasteiger partial charge in [0.05, 0.1) is 19.8 Å². The zero-order chi connectivity index (χ0) is 21.9. The van der Waals surface area contributed by atoms with Crippen LogP contribution in [0.5, 0.6) is 0 Å². The van der Waals surface area contributed by atoms with Crippen molar-refractivity contribution in [2.75, 3.05) is 32.9 Å². The van der Waals surface area contributed by atoms with Gasteiger partial charge in [0, 0.05) is 49.7 Å². The Bertz CT molecular complexity index is 1100. The third kappa shape index (κ3) is 4.37. The SMILES string of the molecule is O=C(NCc1ccn2ccnc2c1)c1ccc(C2CCN(C(=O)C3COCCO3)C2)cc1. The van der Waals surface area contributed by atoms with Gasteiger partial charge in [-0.1, -0.05) is 12.1 Å². The van der Waals surface area contributed by atoms with Crippen molar-refractivity contribution in [3.63, 3.8) is 0 Å². The van der Waals surface area contributed by atoms with Gasteiger partial charge < -0.3 is 24.1 Å². The highest BCUT2D eigenvalue weighted by Crippen LogP contribution is 2.28. The van der Waals surface area contributed by atoms with Gasteiger partial charge in [0.2, 0.25) is 0 Å². The number of imidazole rings is 1. The molecule has 166 valence electrons. The Hall–Kier alpha value is -3.23. The first-order valence-corrected chi connectivity index (χ1v) is 11.0. The van der Waals surface area contributed by atoms with Gasteiger partial charge in [-0.15, -0.1) is 0 Å². The maximum absolute atomic E-state index is 12.6. The number of rotatable bonds is 5. The molecule has 1 aromatic carbocycles. The molecule has 0 spiro atoms. The average molecular weight is 434 g/mol. The van der Waals surface area contributed by atoms with E-state index in [1.807, 2.05) is 58.1 Å². The summed E-state index contributed by atoms with van der Waals surface area (Å²) in [6.45, 7) is 3.17. The van der Waals surface area contributed by atoms with E-state index in [1.54, 1.807) is 6.20 Å². The second-order valence-electron chi connectivity index (χ2n) is 8.24. The molecule has 8 heteroatoms. The molecule has 2 aliphatic rings. The van der Waals surface area contributed by atoms with E-state index < -0.39 is 6.10 Å². The van der Waals surface area contributed by atoms with E-state index in [-0.39, 0.29) is 17.7 Å². The highest BCUT2D eigenvalue weighted by Gasteiger charge is 2.33. The summed E-state index contributed by atoms with van der Waals surface area (Å²) in [5.74, 6) is 0.163. The standard InChI is InChI=1S/C24H26N4O4/c29-23(26-14-17-5-8-27-10-7-25-22(27)13-17)19-3-1-18(2-4-19)20-6-9-28(15-20)24(30)21-16-31-11-12-32-21/h1-5,7-8,10,13,20-21H,6,9,11-12,14-16H2,(H,26,29). The molecular formula is C24H26N4O4. The van der Waals surface area contributed by atoms with E-state index in [0.717, 1.165) is 23.2 Å². The van der Waals surface area contributed by atoms with Crippen molar-refractivity contribution in [3.05, 3.63) is 71.7 Å². The largest absolute Gasteiger partial charge is 0.376 e. The number of nitrogens with one attached hydrogen (secondary N) is 1. The van der Waals surface area contributed by atoms with Crippen LogP contribution in [-0.4, -0.2) is 65.1 Å². The minimum atomic E-state index is -0.484. The number of benzene rings is 1. The van der Waals surface area contributed by atoms with Gasteiger partial charge in [0.25, 0.3) is 11.8 Å². The molecule has 2 aliphatic heterocycles. The van der Waals surface area contributed by atoms with Crippen LogP contribution < -0.4 is 5.32 Å². The summed E-state index contributed by atoms with van der Waals surface area (Å²) in [5.41, 5.74) is 3.61. The molecule has 5 rings (SSSR count). The predicted molar refractivity (Wildman–Crippen MR) is 117 cm³/mol. The van der Waals surface area contributed by atoms with Crippen LogP contribution >= 0.6 is 0 Å². The van der Waals surface area contributed by atoms with Crippen molar-refractivity contribution >= 4 is 17.5 Å². The summed E-state index contributed by atoms with van der Waals surface area (Å²) in [6.07, 6.45) is 5.99. The maximum atomic E-state index is 12.6. The van der Waals surface area contributed by atoms with Crippen LogP contribution in [0.25, 0.3) is 5.65 Å². The van der Waals surface area contributed by atoms with Crippen LogP contribution in [0.1, 0.15) is 33.8 Å². The summed E-state index contributed by atoms with van der Waals surface area (Å²) in [4.78, 5) is 31.3. The topological polar surface area (TPSA) is 85.2 Å². The fourth-order valence-corrected chi connectivity index (χ4v) is 4.32. The number of fused-ring (bicyclic) bond motifs is 1. The predicted octanol–water partition coefficient (Wildman–Crippen LogP) is 2.00. The fourth-order valence-electron chi connectivity index (χ4n) is 4.32. The number of hydrogen-bond acceptors (Lipinski definition) is 5.